The number of benzene rings is 1. The first-order chi connectivity index (χ1) is 6.65. The molecule has 1 aromatic rings. The topological polar surface area (TPSA) is 40.5 Å². The molecule has 0 fully saturated rings. The third-order valence-electron chi connectivity index (χ3n) is 1.86. The van der Waals surface area contributed by atoms with Gasteiger partial charge in [0.25, 0.3) is 5.91 Å². The van der Waals surface area contributed by atoms with Gasteiger partial charge in [-0.05, 0) is 18.2 Å². The number of amides is 1. The summed E-state index contributed by atoms with van der Waals surface area (Å²) in [6.45, 7) is 0.496. The number of nitrogens with zero attached hydrogens (tertiary/aromatic N) is 1. The molecule has 4 heteroatoms. The molecule has 0 aliphatic carbocycles. The van der Waals surface area contributed by atoms with Crippen LogP contribution in [0.2, 0.25) is 0 Å². The van der Waals surface area contributed by atoms with Gasteiger partial charge in [0, 0.05) is 25.0 Å². The first-order valence-corrected chi connectivity index (χ1v) is 4.79. The molecular formula is C10H12ClNO2. The fourth-order valence-corrected chi connectivity index (χ4v) is 1.34. The number of rotatable bonds is 3. The smallest absolute Gasteiger partial charge is 0.253 e. The van der Waals surface area contributed by atoms with Crippen LogP contribution < -0.4 is 0 Å². The van der Waals surface area contributed by atoms with E-state index in [1.54, 1.807) is 19.2 Å². The molecule has 1 aromatic carbocycles. The largest absolute Gasteiger partial charge is 0.508 e. The molecule has 0 spiro atoms. The van der Waals surface area contributed by atoms with Gasteiger partial charge >= 0.3 is 0 Å². The second-order valence-corrected chi connectivity index (χ2v) is 3.34. The van der Waals surface area contributed by atoms with Crippen LogP contribution in [-0.4, -0.2) is 35.4 Å². The number of carbonyl (C=O) groups excluding carboxylic acids is 1. The van der Waals surface area contributed by atoms with Crippen LogP contribution in [0.1, 0.15) is 10.4 Å². The van der Waals surface area contributed by atoms with Crippen LogP contribution in [0, 0.1) is 0 Å². The van der Waals surface area contributed by atoms with Crippen molar-refractivity contribution in [3.05, 3.63) is 29.8 Å². The Bertz CT molecular complexity index is 328. The first kappa shape index (κ1) is 10.9. The van der Waals surface area contributed by atoms with Gasteiger partial charge in [0.15, 0.2) is 0 Å². The van der Waals surface area contributed by atoms with Crippen molar-refractivity contribution in [3.63, 3.8) is 0 Å². The van der Waals surface area contributed by atoms with Crippen LogP contribution in [0.5, 0.6) is 5.75 Å². The molecule has 0 bridgehead atoms. The van der Waals surface area contributed by atoms with Crippen LogP contribution in [0.3, 0.4) is 0 Å². The Morgan fingerprint density at radius 2 is 2.29 bits per heavy atom. The summed E-state index contributed by atoms with van der Waals surface area (Å²) < 4.78 is 0. The molecule has 0 radical (unpaired) electrons. The second-order valence-electron chi connectivity index (χ2n) is 2.97. The lowest BCUT2D eigenvalue weighted by Gasteiger charge is -2.15. The van der Waals surface area contributed by atoms with E-state index in [9.17, 15) is 9.90 Å². The highest BCUT2D eigenvalue weighted by Crippen LogP contribution is 2.12. The van der Waals surface area contributed by atoms with E-state index in [4.69, 9.17) is 11.6 Å². The van der Waals surface area contributed by atoms with Crippen molar-refractivity contribution in [3.8, 4) is 5.75 Å². The average Bonchev–Trinajstić information content (AvgIpc) is 2.17. The van der Waals surface area contributed by atoms with Crippen molar-refractivity contribution >= 4 is 17.5 Å². The van der Waals surface area contributed by atoms with Crippen LogP contribution in [-0.2, 0) is 0 Å². The van der Waals surface area contributed by atoms with Gasteiger partial charge in [0.1, 0.15) is 5.75 Å². The number of aromatic hydroxyl groups is 1. The molecule has 0 saturated heterocycles. The number of phenols is 1. The Kier molecular flexibility index (Phi) is 3.77. The minimum absolute atomic E-state index is 0.0927. The summed E-state index contributed by atoms with van der Waals surface area (Å²) in [7, 11) is 1.68. The van der Waals surface area contributed by atoms with Crippen molar-refractivity contribution in [1.29, 1.82) is 0 Å². The normalized spacial score (nSPS) is 9.86. The molecule has 0 unspecified atom stereocenters. The van der Waals surface area contributed by atoms with Gasteiger partial charge in [-0.1, -0.05) is 6.07 Å². The van der Waals surface area contributed by atoms with Crippen molar-refractivity contribution in [1.82, 2.24) is 4.90 Å². The molecule has 14 heavy (non-hydrogen) atoms. The summed E-state index contributed by atoms with van der Waals surface area (Å²) >= 11 is 5.52. The average molecular weight is 214 g/mol. The number of carbonyl (C=O) groups is 1. The summed E-state index contributed by atoms with van der Waals surface area (Å²) in [5.74, 6) is 0.359. The van der Waals surface area contributed by atoms with Gasteiger partial charge in [-0.2, -0.15) is 0 Å². The van der Waals surface area contributed by atoms with Gasteiger partial charge in [-0.15, -0.1) is 11.6 Å². The molecule has 0 aliphatic rings. The lowest BCUT2D eigenvalue weighted by molar-refractivity contribution is 0.0803. The number of alkyl halides is 1. The zero-order valence-electron chi connectivity index (χ0n) is 7.90. The fourth-order valence-electron chi connectivity index (χ4n) is 1.09. The Hall–Kier alpha value is -1.22. The lowest BCUT2D eigenvalue weighted by Crippen LogP contribution is -2.28. The molecule has 3 nitrogen and oxygen atoms in total. The molecule has 0 heterocycles. The number of hydrogen-bond acceptors (Lipinski definition) is 2. The van der Waals surface area contributed by atoms with E-state index in [1.807, 2.05) is 0 Å². The molecule has 1 rings (SSSR count). The van der Waals surface area contributed by atoms with E-state index < -0.39 is 0 Å². The quantitative estimate of drug-likeness (QED) is 0.777. The standard InChI is InChI=1S/C10H12ClNO2/c1-12(6-5-11)10(14)8-3-2-4-9(13)7-8/h2-4,7,13H,5-6H2,1H3. The molecule has 0 saturated carbocycles. The molecular weight excluding hydrogens is 202 g/mol. The van der Waals surface area contributed by atoms with Gasteiger partial charge < -0.3 is 10.0 Å². The Balaban J connectivity index is 2.78. The Labute approximate surface area is 87.9 Å². The van der Waals surface area contributed by atoms with Gasteiger partial charge in [-0.25, -0.2) is 0 Å². The van der Waals surface area contributed by atoms with Crippen LogP contribution in [0.15, 0.2) is 24.3 Å². The van der Waals surface area contributed by atoms with Crippen LogP contribution in [0.4, 0.5) is 0 Å². The van der Waals surface area contributed by atoms with Crippen LogP contribution in [0.25, 0.3) is 0 Å². The fraction of sp³-hybridized carbons (Fsp3) is 0.300. The summed E-state index contributed by atoms with van der Waals surface area (Å²) in [5.41, 5.74) is 0.470. The summed E-state index contributed by atoms with van der Waals surface area (Å²) in [6.07, 6.45) is 0. The minimum atomic E-state index is -0.137. The van der Waals surface area contributed by atoms with Crippen LogP contribution >= 0.6 is 11.6 Å². The van der Waals surface area contributed by atoms with Crippen molar-refractivity contribution in [2.24, 2.45) is 0 Å². The van der Waals surface area contributed by atoms with E-state index in [1.165, 1.54) is 17.0 Å². The predicted octanol–water partition coefficient (Wildman–Crippen LogP) is 1.70. The molecule has 0 aliphatic heterocycles. The van der Waals surface area contributed by atoms with E-state index in [0.29, 0.717) is 18.0 Å². The summed E-state index contributed by atoms with van der Waals surface area (Å²) in [4.78, 5) is 13.2. The maximum Gasteiger partial charge on any atom is 0.253 e. The zero-order valence-corrected chi connectivity index (χ0v) is 8.66. The highest BCUT2D eigenvalue weighted by atomic mass is 35.5. The van der Waals surface area contributed by atoms with Crippen molar-refractivity contribution < 1.29 is 9.90 Å². The lowest BCUT2D eigenvalue weighted by atomic mass is 10.2. The molecule has 0 aromatic heterocycles. The highest BCUT2D eigenvalue weighted by molar-refractivity contribution is 6.18. The number of hydrogen-bond donors (Lipinski definition) is 1. The SMILES string of the molecule is CN(CCCl)C(=O)c1cccc(O)c1. The monoisotopic (exact) mass is 213 g/mol. The number of halogens is 1. The predicted molar refractivity (Wildman–Crippen MR) is 55.8 cm³/mol. The molecule has 0 atom stereocenters. The molecule has 76 valence electrons. The van der Waals surface area contributed by atoms with Gasteiger partial charge in [0.05, 0.1) is 0 Å². The molecule has 1 N–H and O–H groups in total. The third kappa shape index (κ3) is 2.64. The number of phenolic OH excluding ortho intramolecular Hbond substituents is 1. The van der Waals surface area contributed by atoms with Gasteiger partial charge in [-0.3, -0.25) is 4.79 Å². The third-order valence-corrected chi connectivity index (χ3v) is 2.03. The highest BCUT2D eigenvalue weighted by Gasteiger charge is 2.10. The first-order valence-electron chi connectivity index (χ1n) is 4.25. The van der Waals surface area contributed by atoms with E-state index in [2.05, 4.69) is 0 Å². The summed E-state index contributed by atoms with van der Waals surface area (Å²) in [6, 6.07) is 6.26. The zero-order chi connectivity index (χ0) is 10.6. The maximum atomic E-state index is 11.6. The van der Waals surface area contributed by atoms with E-state index in [-0.39, 0.29) is 11.7 Å². The summed E-state index contributed by atoms with van der Waals surface area (Å²) in [5, 5.41) is 9.18. The van der Waals surface area contributed by atoms with Crippen molar-refractivity contribution in [2.45, 2.75) is 0 Å². The Morgan fingerprint density at radius 3 is 2.86 bits per heavy atom. The minimum Gasteiger partial charge on any atom is -0.508 e. The van der Waals surface area contributed by atoms with E-state index >= 15 is 0 Å². The second kappa shape index (κ2) is 4.86. The molecule has 1 amide bonds. The van der Waals surface area contributed by atoms with E-state index in [0.717, 1.165) is 0 Å². The van der Waals surface area contributed by atoms with Crippen molar-refractivity contribution in [2.75, 3.05) is 19.5 Å². The maximum absolute atomic E-state index is 11.6. The Morgan fingerprint density at radius 1 is 1.57 bits per heavy atom. The van der Waals surface area contributed by atoms with Gasteiger partial charge in [0.2, 0.25) is 0 Å².